The molecule has 0 saturated heterocycles. The Kier molecular flexibility index (Phi) is 7.82. The first-order valence-electron chi connectivity index (χ1n) is 7.41. The third kappa shape index (κ3) is 6.40. The van der Waals surface area contributed by atoms with E-state index in [0.29, 0.717) is 24.2 Å². The second-order valence-electron chi connectivity index (χ2n) is 6.02. The Morgan fingerprint density at radius 2 is 1.90 bits per heavy atom. The van der Waals surface area contributed by atoms with Crippen LogP contribution in [0.2, 0.25) is 0 Å². The zero-order chi connectivity index (χ0) is 15.1. The van der Waals surface area contributed by atoms with Gasteiger partial charge in [-0.15, -0.1) is 11.3 Å². The molecule has 0 aliphatic carbocycles. The van der Waals surface area contributed by atoms with Gasteiger partial charge in [-0.05, 0) is 58.7 Å². The predicted octanol–water partition coefficient (Wildman–Crippen LogP) is 4.88. The molecule has 2 nitrogen and oxygen atoms in total. The van der Waals surface area contributed by atoms with Gasteiger partial charge in [0.1, 0.15) is 0 Å². The molecule has 0 aliphatic rings. The van der Waals surface area contributed by atoms with Gasteiger partial charge in [0.05, 0.1) is 3.79 Å². The molecule has 1 aromatic rings. The van der Waals surface area contributed by atoms with Crippen molar-refractivity contribution >= 4 is 33.2 Å². The van der Waals surface area contributed by atoms with Crippen molar-refractivity contribution in [2.24, 2.45) is 17.8 Å². The third-order valence-corrected chi connectivity index (χ3v) is 5.39. The van der Waals surface area contributed by atoms with Crippen LogP contribution in [0.5, 0.6) is 0 Å². The molecule has 0 bridgehead atoms. The summed E-state index contributed by atoms with van der Waals surface area (Å²) in [5, 5.41) is 3.09. The lowest BCUT2D eigenvalue weighted by Gasteiger charge is -2.25. The molecule has 0 spiro atoms. The number of halogens is 1. The van der Waals surface area contributed by atoms with E-state index in [1.165, 1.54) is 4.88 Å². The second kappa shape index (κ2) is 8.83. The lowest BCUT2D eigenvalue weighted by molar-refractivity contribution is -0.121. The van der Waals surface area contributed by atoms with E-state index in [9.17, 15) is 4.79 Å². The molecule has 1 amide bonds. The van der Waals surface area contributed by atoms with Crippen LogP contribution >= 0.6 is 27.3 Å². The van der Waals surface area contributed by atoms with Crippen molar-refractivity contribution in [3.63, 3.8) is 0 Å². The third-order valence-electron chi connectivity index (χ3n) is 3.70. The average molecular weight is 360 g/mol. The molecule has 114 valence electrons. The van der Waals surface area contributed by atoms with E-state index in [0.717, 1.165) is 23.2 Å². The highest BCUT2D eigenvalue weighted by Crippen LogP contribution is 2.23. The van der Waals surface area contributed by atoms with Crippen LogP contribution in [-0.4, -0.2) is 12.5 Å². The number of thiophene rings is 1. The van der Waals surface area contributed by atoms with Gasteiger partial charge >= 0.3 is 0 Å². The quantitative estimate of drug-likeness (QED) is 0.704. The number of amides is 1. The highest BCUT2D eigenvalue weighted by Gasteiger charge is 2.17. The van der Waals surface area contributed by atoms with E-state index in [1.807, 2.05) is 0 Å². The maximum Gasteiger partial charge on any atom is 0.220 e. The fourth-order valence-corrected chi connectivity index (χ4v) is 4.00. The molecular formula is C16H26BrNOS. The summed E-state index contributed by atoms with van der Waals surface area (Å²) in [5.74, 6) is 1.97. The molecular weight excluding hydrogens is 334 g/mol. The zero-order valence-corrected chi connectivity index (χ0v) is 15.3. The van der Waals surface area contributed by atoms with Crippen molar-refractivity contribution in [1.29, 1.82) is 0 Å². The second-order valence-corrected chi connectivity index (χ2v) is 8.56. The molecule has 0 unspecified atom stereocenters. The first-order valence-corrected chi connectivity index (χ1v) is 9.02. The predicted molar refractivity (Wildman–Crippen MR) is 91.1 cm³/mol. The van der Waals surface area contributed by atoms with E-state index in [-0.39, 0.29) is 5.91 Å². The molecule has 1 N–H and O–H groups in total. The van der Waals surface area contributed by atoms with Gasteiger partial charge in [-0.3, -0.25) is 4.79 Å². The Hall–Kier alpha value is -0.350. The lowest BCUT2D eigenvalue weighted by atomic mass is 9.85. The van der Waals surface area contributed by atoms with Crippen molar-refractivity contribution in [3.05, 3.63) is 20.8 Å². The van der Waals surface area contributed by atoms with Crippen molar-refractivity contribution < 1.29 is 4.79 Å². The number of carbonyl (C=O) groups is 1. The fourth-order valence-electron chi connectivity index (χ4n) is 2.47. The zero-order valence-electron chi connectivity index (χ0n) is 12.9. The molecule has 1 aromatic heterocycles. The van der Waals surface area contributed by atoms with E-state index in [1.54, 1.807) is 11.3 Å². The van der Waals surface area contributed by atoms with Crippen LogP contribution in [0, 0.1) is 17.8 Å². The highest BCUT2D eigenvalue weighted by molar-refractivity contribution is 9.11. The van der Waals surface area contributed by atoms with Gasteiger partial charge in [-0.25, -0.2) is 0 Å². The van der Waals surface area contributed by atoms with Crippen molar-refractivity contribution in [1.82, 2.24) is 5.32 Å². The van der Waals surface area contributed by atoms with Crippen LogP contribution in [0.25, 0.3) is 0 Å². The minimum atomic E-state index is 0.187. The van der Waals surface area contributed by atoms with E-state index in [2.05, 4.69) is 61.1 Å². The van der Waals surface area contributed by atoms with Gasteiger partial charge in [0.15, 0.2) is 0 Å². The van der Waals surface area contributed by atoms with Crippen LogP contribution in [0.4, 0.5) is 0 Å². The first-order chi connectivity index (χ1) is 9.40. The van der Waals surface area contributed by atoms with Gasteiger partial charge in [-0.1, -0.05) is 27.7 Å². The number of nitrogens with one attached hydrogen (secondary N) is 1. The topological polar surface area (TPSA) is 29.1 Å². The van der Waals surface area contributed by atoms with E-state index < -0.39 is 0 Å². The number of rotatable bonds is 8. The molecule has 0 fully saturated rings. The Labute approximate surface area is 135 Å². The monoisotopic (exact) mass is 359 g/mol. The van der Waals surface area contributed by atoms with Crippen LogP contribution < -0.4 is 5.32 Å². The summed E-state index contributed by atoms with van der Waals surface area (Å²) in [4.78, 5) is 13.2. The Morgan fingerprint density at radius 1 is 1.25 bits per heavy atom. The number of carbonyl (C=O) groups excluding carboxylic acids is 1. The Bertz CT molecular complexity index is 406. The SMILES string of the molecule is CC(C)C(CNC(=O)CCCc1ccc(Br)s1)C(C)C. The van der Waals surface area contributed by atoms with Gasteiger partial charge in [0.25, 0.3) is 0 Å². The maximum atomic E-state index is 11.9. The van der Waals surface area contributed by atoms with Gasteiger partial charge in [-0.2, -0.15) is 0 Å². The number of aryl methyl sites for hydroxylation is 1. The number of hydrogen-bond acceptors (Lipinski definition) is 2. The summed E-state index contributed by atoms with van der Waals surface area (Å²) in [5.41, 5.74) is 0. The van der Waals surface area contributed by atoms with Gasteiger partial charge < -0.3 is 5.32 Å². The molecule has 0 aliphatic heterocycles. The summed E-state index contributed by atoms with van der Waals surface area (Å²) >= 11 is 5.21. The lowest BCUT2D eigenvalue weighted by Crippen LogP contribution is -2.33. The molecule has 4 heteroatoms. The normalized spacial score (nSPS) is 11.6. The average Bonchev–Trinajstić information content (AvgIpc) is 2.74. The fraction of sp³-hybridized carbons (Fsp3) is 0.688. The largest absolute Gasteiger partial charge is 0.356 e. The molecule has 1 heterocycles. The van der Waals surface area contributed by atoms with Gasteiger partial charge in [0, 0.05) is 17.8 Å². The summed E-state index contributed by atoms with van der Waals surface area (Å²) < 4.78 is 1.16. The summed E-state index contributed by atoms with van der Waals surface area (Å²) in [7, 11) is 0. The smallest absolute Gasteiger partial charge is 0.220 e. The van der Waals surface area contributed by atoms with Gasteiger partial charge in [0.2, 0.25) is 5.91 Å². The van der Waals surface area contributed by atoms with Crippen LogP contribution in [-0.2, 0) is 11.2 Å². The van der Waals surface area contributed by atoms with E-state index >= 15 is 0 Å². The van der Waals surface area contributed by atoms with Crippen molar-refractivity contribution in [2.75, 3.05) is 6.54 Å². The van der Waals surface area contributed by atoms with Crippen LogP contribution in [0.1, 0.15) is 45.4 Å². The standard InChI is InChI=1S/C16H26BrNOS/c1-11(2)14(12(3)4)10-18-16(19)7-5-6-13-8-9-15(17)20-13/h8-9,11-12,14H,5-7,10H2,1-4H3,(H,18,19). The van der Waals surface area contributed by atoms with Crippen molar-refractivity contribution in [3.8, 4) is 0 Å². The molecule has 0 radical (unpaired) electrons. The number of hydrogen-bond donors (Lipinski definition) is 1. The van der Waals surface area contributed by atoms with Crippen LogP contribution in [0.15, 0.2) is 15.9 Å². The first kappa shape index (κ1) is 17.7. The summed E-state index contributed by atoms with van der Waals surface area (Å²) in [6.45, 7) is 9.71. The highest BCUT2D eigenvalue weighted by atomic mass is 79.9. The Balaban J connectivity index is 2.23. The van der Waals surface area contributed by atoms with Crippen LogP contribution in [0.3, 0.4) is 0 Å². The molecule has 0 aromatic carbocycles. The Morgan fingerprint density at radius 3 is 2.40 bits per heavy atom. The minimum Gasteiger partial charge on any atom is -0.356 e. The molecule has 0 saturated carbocycles. The molecule has 1 rings (SSSR count). The maximum absolute atomic E-state index is 11.9. The molecule has 20 heavy (non-hydrogen) atoms. The van der Waals surface area contributed by atoms with E-state index in [4.69, 9.17) is 0 Å². The summed E-state index contributed by atoms with van der Waals surface area (Å²) in [6.07, 6.45) is 2.53. The summed E-state index contributed by atoms with van der Waals surface area (Å²) in [6, 6.07) is 4.19. The van der Waals surface area contributed by atoms with Crippen molar-refractivity contribution in [2.45, 2.75) is 47.0 Å². The minimum absolute atomic E-state index is 0.187. The molecule has 0 atom stereocenters.